The lowest BCUT2D eigenvalue weighted by atomic mass is 9.95. The second-order valence-electron chi connectivity index (χ2n) is 4.27. The molecule has 1 heterocycles. The topological polar surface area (TPSA) is 29.1 Å². The van der Waals surface area contributed by atoms with E-state index in [0.29, 0.717) is 0 Å². The van der Waals surface area contributed by atoms with Gasteiger partial charge in [-0.1, -0.05) is 23.3 Å². The van der Waals surface area contributed by atoms with Gasteiger partial charge in [0.2, 0.25) is 0 Å². The van der Waals surface area contributed by atoms with E-state index in [1.54, 1.807) is 0 Å². The van der Waals surface area contributed by atoms with Crippen LogP contribution in [0.25, 0.3) is 0 Å². The molecule has 1 aliphatic rings. The second kappa shape index (κ2) is 3.54. The SMILES string of the molecule is CC(C)=C1Cc2cc(C)ccc2C(=O)N1. The molecule has 2 rings (SSSR count). The van der Waals surface area contributed by atoms with Crippen molar-refractivity contribution in [1.82, 2.24) is 5.32 Å². The molecule has 0 fully saturated rings. The molecule has 0 radical (unpaired) electrons. The van der Waals surface area contributed by atoms with Gasteiger partial charge in [0.05, 0.1) is 0 Å². The highest BCUT2D eigenvalue weighted by atomic mass is 16.1. The Bertz CT molecular complexity index is 454. The van der Waals surface area contributed by atoms with E-state index < -0.39 is 0 Å². The molecule has 15 heavy (non-hydrogen) atoms. The van der Waals surface area contributed by atoms with Crippen molar-refractivity contribution in [3.63, 3.8) is 0 Å². The molecule has 1 aliphatic heterocycles. The lowest BCUT2D eigenvalue weighted by molar-refractivity contribution is 0.0958. The third-order valence-electron chi connectivity index (χ3n) is 2.74. The maximum absolute atomic E-state index is 11.8. The third kappa shape index (κ3) is 1.80. The van der Waals surface area contributed by atoms with E-state index in [9.17, 15) is 4.79 Å². The number of hydrogen-bond donors (Lipinski definition) is 1. The fourth-order valence-electron chi connectivity index (χ4n) is 1.83. The Morgan fingerprint density at radius 1 is 1.33 bits per heavy atom. The van der Waals surface area contributed by atoms with Crippen LogP contribution in [-0.2, 0) is 6.42 Å². The summed E-state index contributed by atoms with van der Waals surface area (Å²) in [6.07, 6.45) is 0.838. The quantitative estimate of drug-likeness (QED) is 0.686. The summed E-state index contributed by atoms with van der Waals surface area (Å²) >= 11 is 0. The molecule has 2 heteroatoms. The molecule has 1 amide bonds. The lowest BCUT2D eigenvalue weighted by Gasteiger charge is -2.21. The highest BCUT2D eigenvalue weighted by Gasteiger charge is 2.19. The Labute approximate surface area is 90.0 Å². The number of carbonyl (C=O) groups excluding carboxylic acids is 1. The second-order valence-corrected chi connectivity index (χ2v) is 4.27. The van der Waals surface area contributed by atoms with Crippen LogP contribution < -0.4 is 5.32 Å². The monoisotopic (exact) mass is 201 g/mol. The number of benzene rings is 1. The average molecular weight is 201 g/mol. The fraction of sp³-hybridized carbons (Fsp3) is 0.308. The average Bonchev–Trinajstić information content (AvgIpc) is 2.16. The first-order valence-electron chi connectivity index (χ1n) is 5.15. The van der Waals surface area contributed by atoms with Gasteiger partial charge in [-0.15, -0.1) is 0 Å². The first-order chi connectivity index (χ1) is 7.08. The molecule has 0 saturated heterocycles. The Morgan fingerprint density at radius 3 is 2.73 bits per heavy atom. The van der Waals surface area contributed by atoms with E-state index >= 15 is 0 Å². The van der Waals surface area contributed by atoms with Crippen LogP contribution in [-0.4, -0.2) is 5.91 Å². The minimum Gasteiger partial charge on any atom is -0.325 e. The van der Waals surface area contributed by atoms with Gasteiger partial charge < -0.3 is 5.32 Å². The van der Waals surface area contributed by atoms with Crippen LogP contribution in [0.3, 0.4) is 0 Å². The molecule has 0 bridgehead atoms. The molecular weight excluding hydrogens is 186 g/mol. The summed E-state index contributed by atoms with van der Waals surface area (Å²) in [6, 6.07) is 5.98. The molecule has 1 aromatic carbocycles. The number of allylic oxidation sites excluding steroid dienone is 2. The molecule has 2 nitrogen and oxygen atoms in total. The number of aryl methyl sites for hydroxylation is 1. The van der Waals surface area contributed by atoms with Crippen molar-refractivity contribution < 1.29 is 4.79 Å². The van der Waals surface area contributed by atoms with Gasteiger partial charge >= 0.3 is 0 Å². The summed E-state index contributed by atoms with van der Waals surface area (Å²) < 4.78 is 0. The standard InChI is InChI=1S/C13H15NO/c1-8(2)12-7-10-6-9(3)4-5-11(10)13(15)14-12/h4-6H,7H2,1-3H3,(H,14,15). The van der Waals surface area contributed by atoms with Gasteiger partial charge in [0, 0.05) is 17.7 Å². The smallest absolute Gasteiger partial charge is 0.255 e. The van der Waals surface area contributed by atoms with E-state index in [4.69, 9.17) is 0 Å². The highest BCUT2D eigenvalue weighted by molar-refractivity contribution is 5.98. The van der Waals surface area contributed by atoms with Crippen LogP contribution >= 0.6 is 0 Å². The lowest BCUT2D eigenvalue weighted by Crippen LogP contribution is -2.30. The van der Waals surface area contributed by atoms with E-state index in [2.05, 4.69) is 18.3 Å². The minimum absolute atomic E-state index is 0.0208. The van der Waals surface area contributed by atoms with Crippen LogP contribution in [0.1, 0.15) is 35.3 Å². The predicted molar refractivity (Wildman–Crippen MR) is 60.7 cm³/mol. The van der Waals surface area contributed by atoms with Crippen molar-refractivity contribution in [3.05, 3.63) is 46.2 Å². The molecule has 0 aliphatic carbocycles. The van der Waals surface area contributed by atoms with E-state index in [1.165, 1.54) is 11.1 Å². The van der Waals surface area contributed by atoms with Gasteiger partial charge in [-0.3, -0.25) is 4.79 Å². The van der Waals surface area contributed by atoms with Crippen molar-refractivity contribution in [1.29, 1.82) is 0 Å². The Kier molecular flexibility index (Phi) is 2.35. The van der Waals surface area contributed by atoms with Crippen LogP contribution in [0.2, 0.25) is 0 Å². The summed E-state index contributed by atoms with van der Waals surface area (Å²) in [6.45, 7) is 6.10. The van der Waals surface area contributed by atoms with Crippen LogP contribution in [0.15, 0.2) is 29.5 Å². The zero-order valence-electron chi connectivity index (χ0n) is 9.35. The Balaban J connectivity index is 2.51. The van der Waals surface area contributed by atoms with Crippen molar-refractivity contribution >= 4 is 5.91 Å². The fourth-order valence-corrected chi connectivity index (χ4v) is 1.83. The zero-order chi connectivity index (χ0) is 11.0. The molecule has 0 atom stereocenters. The van der Waals surface area contributed by atoms with Crippen LogP contribution in [0.5, 0.6) is 0 Å². The molecule has 1 aromatic rings. The van der Waals surface area contributed by atoms with Gasteiger partial charge in [-0.25, -0.2) is 0 Å². The maximum atomic E-state index is 11.8. The van der Waals surface area contributed by atoms with Gasteiger partial charge in [0.25, 0.3) is 5.91 Å². The number of rotatable bonds is 0. The number of hydrogen-bond acceptors (Lipinski definition) is 1. The Hall–Kier alpha value is -1.57. The normalized spacial score (nSPS) is 14.6. The van der Waals surface area contributed by atoms with Crippen molar-refractivity contribution in [2.24, 2.45) is 0 Å². The number of amides is 1. The van der Waals surface area contributed by atoms with Crippen molar-refractivity contribution in [2.45, 2.75) is 27.2 Å². The van der Waals surface area contributed by atoms with Crippen LogP contribution in [0.4, 0.5) is 0 Å². The molecule has 0 spiro atoms. The van der Waals surface area contributed by atoms with E-state index in [1.807, 2.05) is 26.0 Å². The van der Waals surface area contributed by atoms with E-state index in [0.717, 1.165) is 23.2 Å². The predicted octanol–water partition coefficient (Wildman–Crippen LogP) is 2.57. The maximum Gasteiger partial charge on any atom is 0.255 e. The molecule has 78 valence electrons. The summed E-state index contributed by atoms with van der Waals surface area (Å²) in [4.78, 5) is 11.8. The number of carbonyl (C=O) groups is 1. The van der Waals surface area contributed by atoms with Crippen molar-refractivity contribution in [2.75, 3.05) is 0 Å². The van der Waals surface area contributed by atoms with Gasteiger partial charge in [-0.2, -0.15) is 0 Å². The molecule has 0 aromatic heterocycles. The summed E-state index contributed by atoms with van der Waals surface area (Å²) in [5, 5.41) is 2.93. The van der Waals surface area contributed by atoms with Gasteiger partial charge in [0.15, 0.2) is 0 Å². The van der Waals surface area contributed by atoms with Gasteiger partial charge in [-0.05, 0) is 32.4 Å². The summed E-state index contributed by atoms with van der Waals surface area (Å²) in [7, 11) is 0. The molecule has 1 N–H and O–H groups in total. The number of nitrogens with one attached hydrogen (secondary N) is 1. The zero-order valence-corrected chi connectivity index (χ0v) is 9.35. The third-order valence-corrected chi connectivity index (χ3v) is 2.74. The summed E-state index contributed by atoms with van der Waals surface area (Å²) in [5.74, 6) is 0.0208. The van der Waals surface area contributed by atoms with Crippen LogP contribution in [0, 0.1) is 6.92 Å². The molecular formula is C13H15NO. The highest BCUT2D eigenvalue weighted by Crippen LogP contribution is 2.21. The van der Waals surface area contributed by atoms with Crippen molar-refractivity contribution in [3.8, 4) is 0 Å². The largest absolute Gasteiger partial charge is 0.325 e. The minimum atomic E-state index is 0.0208. The van der Waals surface area contributed by atoms with Gasteiger partial charge in [0.1, 0.15) is 0 Å². The first kappa shape index (κ1) is 9.97. The Morgan fingerprint density at radius 2 is 2.07 bits per heavy atom. The summed E-state index contributed by atoms with van der Waals surface area (Å²) in [5.41, 5.74) is 5.37. The molecule has 0 unspecified atom stereocenters. The van der Waals surface area contributed by atoms with E-state index in [-0.39, 0.29) is 5.91 Å². The number of fused-ring (bicyclic) bond motifs is 1. The molecule has 0 saturated carbocycles. The first-order valence-corrected chi connectivity index (χ1v) is 5.15.